The van der Waals surface area contributed by atoms with Crippen LogP contribution in [0.25, 0.3) is 0 Å². The standard InChI is InChI=1S/C15H22BrNO2S/c1-2-20(18,19)10-9-13(11-17-15-7-8-15)12-3-5-14(16)6-4-12/h3-6,13,15,17H,2,7-11H2,1H3. The van der Waals surface area contributed by atoms with Gasteiger partial charge in [-0.05, 0) is 42.9 Å². The van der Waals surface area contributed by atoms with Crippen LogP contribution in [0.5, 0.6) is 0 Å². The van der Waals surface area contributed by atoms with Crippen molar-refractivity contribution in [1.82, 2.24) is 5.32 Å². The quantitative estimate of drug-likeness (QED) is 0.775. The van der Waals surface area contributed by atoms with E-state index in [0.717, 1.165) is 11.0 Å². The maximum Gasteiger partial charge on any atom is 0.150 e. The number of hydrogen-bond acceptors (Lipinski definition) is 3. The van der Waals surface area contributed by atoms with Crippen molar-refractivity contribution in [2.75, 3.05) is 18.1 Å². The Bertz CT molecular complexity index is 523. The zero-order valence-corrected chi connectivity index (χ0v) is 14.2. The third-order valence-corrected chi connectivity index (χ3v) is 6.05. The highest BCUT2D eigenvalue weighted by molar-refractivity contribution is 9.10. The minimum absolute atomic E-state index is 0.232. The maximum atomic E-state index is 11.7. The van der Waals surface area contributed by atoms with Crippen LogP contribution < -0.4 is 5.32 Å². The zero-order valence-electron chi connectivity index (χ0n) is 11.8. The van der Waals surface area contributed by atoms with Gasteiger partial charge in [0.15, 0.2) is 0 Å². The maximum absolute atomic E-state index is 11.7. The topological polar surface area (TPSA) is 46.2 Å². The first-order chi connectivity index (χ1) is 9.50. The molecule has 1 saturated carbocycles. The summed E-state index contributed by atoms with van der Waals surface area (Å²) in [5, 5.41) is 3.52. The van der Waals surface area contributed by atoms with Crippen LogP contribution in [0.1, 0.15) is 37.7 Å². The highest BCUT2D eigenvalue weighted by Gasteiger charge is 2.23. The molecular weight excluding hydrogens is 338 g/mol. The Morgan fingerprint density at radius 2 is 1.95 bits per heavy atom. The van der Waals surface area contributed by atoms with Crippen LogP contribution in [0.4, 0.5) is 0 Å². The third-order valence-electron chi connectivity index (χ3n) is 3.79. The number of hydrogen-bond donors (Lipinski definition) is 1. The van der Waals surface area contributed by atoms with Crippen LogP contribution in [-0.2, 0) is 9.84 Å². The third kappa shape index (κ3) is 5.19. The summed E-state index contributed by atoms with van der Waals surface area (Å²) in [6.45, 7) is 2.58. The second-order valence-electron chi connectivity index (χ2n) is 5.46. The van der Waals surface area contributed by atoms with Crippen LogP contribution in [-0.4, -0.2) is 32.5 Å². The summed E-state index contributed by atoms with van der Waals surface area (Å²) in [6, 6.07) is 8.86. The monoisotopic (exact) mass is 359 g/mol. The first-order valence-corrected chi connectivity index (χ1v) is 9.81. The number of benzene rings is 1. The largest absolute Gasteiger partial charge is 0.313 e. The molecule has 0 aliphatic heterocycles. The summed E-state index contributed by atoms with van der Waals surface area (Å²) in [6.07, 6.45) is 3.19. The first-order valence-electron chi connectivity index (χ1n) is 7.19. The van der Waals surface area contributed by atoms with Gasteiger partial charge < -0.3 is 5.32 Å². The summed E-state index contributed by atoms with van der Waals surface area (Å²) in [4.78, 5) is 0. The molecule has 2 rings (SSSR count). The molecule has 1 aliphatic carbocycles. The molecule has 1 unspecified atom stereocenters. The minimum atomic E-state index is -2.89. The van der Waals surface area contributed by atoms with Gasteiger partial charge in [-0.2, -0.15) is 0 Å². The molecule has 0 bridgehead atoms. The van der Waals surface area contributed by atoms with Gasteiger partial charge >= 0.3 is 0 Å². The minimum Gasteiger partial charge on any atom is -0.313 e. The van der Waals surface area contributed by atoms with Crippen molar-refractivity contribution in [3.05, 3.63) is 34.3 Å². The molecule has 0 saturated heterocycles. The van der Waals surface area contributed by atoms with Crippen LogP contribution in [0.15, 0.2) is 28.7 Å². The number of rotatable bonds is 8. The van der Waals surface area contributed by atoms with Crippen LogP contribution >= 0.6 is 15.9 Å². The Labute approximate surface area is 130 Å². The molecule has 0 amide bonds. The molecule has 5 heteroatoms. The van der Waals surface area contributed by atoms with Crippen molar-refractivity contribution < 1.29 is 8.42 Å². The van der Waals surface area contributed by atoms with E-state index in [0.29, 0.717) is 12.5 Å². The summed E-state index contributed by atoms with van der Waals surface area (Å²) >= 11 is 3.44. The van der Waals surface area contributed by atoms with Gasteiger partial charge in [-0.3, -0.25) is 0 Å². The Kier molecular flexibility index (Phi) is 5.64. The van der Waals surface area contributed by atoms with Crippen molar-refractivity contribution in [2.24, 2.45) is 0 Å². The SMILES string of the molecule is CCS(=O)(=O)CCC(CNC1CC1)c1ccc(Br)cc1. The second kappa shape index (κ2) is 7.05. The van der Waals surface area contributed by atoms with Gasteiger partial charge in [-0.1, -0.05) is 35.0 Å². The highest BCUT2D eigenvalue weighted by atomic mass is 79.9. The van der Waals surface area contributed by atoms with Crippen LogP contribution in [0, 0.1) is 0 Å². The van der Waals surface area contributed by atoms with Crippen molar-refractivity contribution in [1.29, 1.82) is 0 Å². The Balaban J connectivity index is 2.00. The van der Waals surface area contributed by atoms with E-state index in [4.69, 9.17) is 0 Å². The van der Waals surface area contributed by atoms with E-state index in [1.807, 2.05) is 12.1 Å². The predicted molar refractivity (Wildman–Crippen MR) is 86.9 cm³/mol. The molecule has 1 aromatic carbocycles. The lowest BCUT2D eigenvalue weighted by Crippen LogP contribution is -2.25. The van der Waals surface area contributed by atoms with Crippen molar-refractivity contribution in [3.8, 4) is 0 Å². The number of halogens is 1. The Morgan fingerprint density at radius 1 is 1.30 bits per heavy atom. The van der Waals surface area contributed by atoms with E-state index in [1.54, 1.807) is 6.92 Å². The summed E-state index contributed by atoms with van der Waals surface area (Å²) in [5.74, 6) is 0.775. The summed E-state index contributed by atoms with van der Waals surface area (Å²) < 4.78 is 24.5. The van der Waals surface area contributed by atoms with Gasteiger partial charge in [0.05, 0.1) is 5.75 Å². The fourth-order valence-corrected chi connectivity index (χ4v) is 3.38. The van der Waals surface area contributed by atoms with E-state index in [2.05, 4.69) is 33.4 Å². The molecule has 1 aliphatic rings. The lowest BCUT2D eigenvalue weighted by atomic mass is 9.96. The molecule has 1 atom stereocenters. The van der Waals surface area contributed by atoms with Crippen molar-refractivity contribution in [2.45, 2.75) is 38.1 Å². The molecule has 0 aromatic heterocycles. The second-order valence-corrected chi connectivity index (χ2v) is 8.84. The summed E-state index contributed by atoms with van der Waals surface area (Å²) in [5.41, 5.74) is 1.22. The molecule has 1 fully saturated rings. The predicted octanol–water partition coefficient (Wildman–Crippen LogP) is 3.11. The fourth-order valence-electron chi connectivity index (χ4n) is 2.18. The van der Waals surface area contributed by atoms with Gasteiger partial charge in [0, 0.05) is 22.8 Å². The first kappa shape index (κ1) is 16.0. The molecule has 0 heterocycles. The Hall–Kier alpha value is -0.390. The molecule has 0 radical (unpaired) electrons. The van der Waals surface area contributed by atoms with E-state index >= 15 is 0 Å². The molecular formula is C15H22BrNO2S. The van der Waals surface area contributed by atoms with E-state index in [-0.39, 0.29) is 17.4 Å². The fraction of sp³-hybridized carbons (Fsp3) is 0.600. The normalized spacial score (nSPS) is 17.1. The summed E-state index contributed by atoms with van der Waals surface area (Å²) in [7, 11) is -2.89. The van der Waals surface area contributed by atoms with Gasteiger partial charge in [0.1, 0.15) is 9.84 Å². The van der Waals surface area contributed by atoms with Gasteiger partial charge in [-0.15, -0.1) is 0 Å². The van der Waals surface area contributed by atoms with E-state index in [9.17, 15) is 8.42 Å². The lowest BCUT2D eigenvalue weighted by Gasteiger charge is -2.18. The average Bonchev–Trinajstić information content (AvgIpc) is 3.24. The average molecular weight is 360 g/mol. The van der Waals surface area contributed by atoms with Crippen molar-refractivity contribution in [3.63, 3.8) is 0 Å². The van der Waals surface area contributed by atoms with Crippen LogP contribution in [0.3, 0.4) is 0 Å². The van der Waals surface area contributed by atoms with Crippen LogP contribution in [0.2, 0.25) is 0 Å². The lowest BCUT2D eigenvalue weighted by molar-refractivity contribution is 0.554. The Morgan fingerprint density at radius 3 is 2.50 bits per heavy atom. The molecule has 0 spiro atoms. The highest BCUT2D eigenvalue weighted by Crippen LogP contribution is 2.25. The molecule has 112 valence electrons. The van der Waals surface area contributed by atoms with E-state index < -0.39 is 9.84 Å². The van der Waals surface area contributed by atoms with Gasteiger partial charge in [0.2, 0.25) is 0 Å². The smallest absolute Gasteiger partial charge is 0.150 e. The molecule has 3 nitrogen and oxygen atoms in total. The zero-order chi connectivity index (χ0) is 14.6. The number of nitrogens with one attached hydrogen (secondary N) is 1. The number of sulfone groups is 1. The van der Waals surface area contributed by atoms with Gasteiger partial charge in [0.25, 0.3) is 0 Å². The van der Waals surface area contributed by atoms with Crippen molar-refractivity contribution >= 4 is 25.8 Å². The van der Waals surface area contributed by atoms with E-state index in [1.165, 1.54) is 18.4 Å². The molecule has 1 N–H and O–H groups in total. The molecule has 20 heavy (non-hydrogen) atoms. The molecule has 1 aromatic rings. The van der Waals surface area contributed by atoms with Gasteiger partial charge in [-0.25, -0.2) is 8.42 Å².